The Morgan fingerprint density at radius 2 is 2.08 bits per heavy atom. The Morgan fingerprint density at radius 3 is 2.84 bits per heavy atom. The Hall–Kier alpha value is -1.95. The maximum absolute atomic E-state index is 5.85. The number of ether oxygens (including phenoxy) is 1. The molecule has 0 bridgehead atoms. The molecule has 3 aromatic rings. The molecule has 1 aliphatic rings. The molecule has 1 unspecified atom stereocenters. The molecule has 0 spiro atoms. The Bertz CT molecular complexity index is 763. The lowest BCUT2D eigenvalue weighted by Crippen LogP contribution is -2.31. The van der Waals surface area contributed by atoms with Crippen LogP contribution in [0.15, 0.2) is 54.0 Å². The van der Waals surface area contributed by atoms with Crippen LogP contribution in [-0.4, -0.2) is 34.1 Å². The molecule has 0 saturated carbocycles. The van der Waals surface area contributed by atoms with Gasteiger partial charge < -0.3 is 9.72 Å². The van der Waals surface area contributed by atoms with Gasteiger partial charge in [0.2, 0.25) is 0 Å². The fraction of sp³-hybridized carbons (Fsp3) is 0.350. The molecule has 1 N–H and O–H groups in total. The van der Waals surface area contributed by atoms with Gasteiger partial charge in [-0.3, -0.25) is 4.90 Å². The van der Waals surface area contributed by atoms with Gasteiger partial charge in [0.1, 0.15) is 5.82 Å². The van der Waals surface area contributed by atoms with E-state index in [1.54, 1.807) is 0 Å². The summed E-state index contributed by atoms with van der Waals surface area (Å²) in [7, 11) is 0. The first-order chi connectivity index (χ1) is 12.4. The summed E-state index contributed by atoms with van der Waals surface area (Å²) in [5.74, 6) is 0.934. The van der Waals surface area contributed by atoms with Crippen LogP contribution in [0.25, 0.3) is 11.4 Å². The molecular formula is C20H23N3OS. The Balaban J connectivity index is 1.46. The van der Waals surface area contributed by atoms with E-state index < -0.39 is 0 Å². The SMILES string of the molecule is c1ccc(-c2ncc(CN(Cc3cccs3)CC3CCCO3)[nH]2)cc1. The topological polar surface area (TPSA) is 41.2 Å². The van der Waals surface area contributed by atoms with Crippen molar-refractivity contribution in [3.8, 4) is 11.4 Å². The number of benzene rings is 1. The highest BCUT2D eigenvalue weighted by molar-refractivity contribution is 7.09. The van der Waals surface area contributed by atoms with E-state index in [1.807, 2.05) is 35.7 Å². The highest BCUT2D eigenvalue weighted by Crippen LogP contribution is 2.20. The predicted molar refractivity (Wildman–Crippen MR) is 101 cm³/mol. The molecular weight excluding hydrogens is 330 g/mol. The van der Waals surface area contributed by atoms with Crippen LogP contribution >= 0.6 is 11.3 Å². The Kier molecular flexibility index (Phi) is 5.25. The third kappa shape index (κ3) is 4.37. The highest BCUT2D eigenvalue weighted by atomic mass is 32.1. The van der Waals surface area contributed by atoms with Gasteiger partial charge in [-0.05, 0) is 24.3 Å². The van der Waals surface area contributed by atoms with Crippen molar-refractivity contribution in [2.45, 2.75) is 32.0 Å². The fourth-order valence-corrected chi connectivity index (χ4v) is 4.05. The van der Waals surface area contributed by atoms with Gasteiger partial charge in [-0.2, -0.15) is 0 Å². The van der Waals surface area contributed by atoms with Crippen molar-refractivity contribution in [1.29, 1.82) is 0 Å². The first kappa shape index (κ1) is 16.5. The third-order valence-corrected chi connectivity index (χ3v) is 5.38. The van der Waals surface area contributed by atoms with Crippen molar-refractivity contribution in [3.63, 3.8) is 0 Å². The predicted octanol–water partition coefficient (Wildman–Crippen LogP) is 4.32. The number of hydrogen-bond acceptors (Lipinski definition) is 4. The van der Waals surface area contributed by atoms with Crippen LogP contribution in [0.3, 0.4) is 0 Å². The van der Waals surface area contributed by atoms with Crippen LogP contribution in [0, 0.1) is 0 Å². The van der Waals surface area contributed by atoms with E-state index in [4.69, 9.17) is 4.74 Å². The number of nitrogens with zero attached hydrogens (tertiary/aromatic N) is 2. The van der Waals surface area contributed by atoms with Crippen LogP contribution in [0.5, 0.6) is 0 Å². The molecule has 2 aromatic heterocycles. The van der Waals surface area contributed by atoms with E-state index >= 15 is 0 Å². The normalized spacial score (nSPS) is 17.4. The van der Waals surface area contributed by atoms with E-state index in [0.29, 0.717) is 6.10 Å². The van der Waals surface area contributed by atoms with Crippen molar-refractivity contribution in [3.05, 3.63) is 64.6 Å². The smallest absolute Gasteiger partial charge is 0.137 e. The largest absolute Gasteiger partial charge is 0.377 e. The van der Waals surface area contributed by atoms with Crippen molar-refractivity contribution in [1.82, 2.24) is 14.9 Å². The van der Waals surface area contributed by atoms with Crippen molar-refractivity contribution >= 4 is 11.3 Å². The molecule has 0 amide bonds. The van der Waals surface area contributed by atoms with Crippen molar-refractivity contribution in [2.75, 3.05) is 13.2 Å². The van der Waals surface area contributed by atoms with E-state index in [2.05, 4.69) is 44.5 Å². The average Bonchev–Trinajstić information content (AvgIpc) is 3.38. The lowest BCUT2D eigenvalue weighted by Gasteiger charge is -2.24. The molecule has 25 heavy (non-hydrogen) atoms. The number of aromatic amines is 1. The number of imidazole rings is 1. The molecule has 1 aliphatic heterocycles. The summed E-state index contributed by atoms with van der Waals surface area (Å²) in [6, 6.07) is 14.6. The third-order valence-electron chi connectivity index (χ3n) is 4.51. The van der Waals surface area contributed by atoms with Gasteiger partial charge in [-0.1, -0.05) is 36.4 Å². The molecule has 1 saturated heterocycles. The lowest BCUT2D eigenvalue weighted by molar-refractivity contribution is 0.0679. The van der Waals surface area contributed by atoms with Gasteiger partial charge in [-0.15, -0.1) is 11.3 Å². The Morgan fingerprint density at radius 1 is 1.16 bits per heavy atom. The quantitative estimate of drug-likeness (QED) is 0.688. The second kappa shape index (κ2) is 7.95. The lowest BCUT2D eigenvalue weighted by atomic mass is 10.2. The van der Waals surface area contributed by atoms with Gasteiger partial charge in [0, 0.05) is 48.6 Å². The summed E-state index contributed by atoms with van der Waals surface area (Å²) >= 11 is 1.81. The van der Waals surface area contributed by atoms with Gasteiger partial charge in [0.05, 0.1) is 6.10 Å². The molecule has 1 aromatic carbocycles. The summed E-state index contributed by atoms with van der Waals surface area (Å²) in [5, 5.41) is 2.14. The zero-order valence-corrected chi connectivity index (χ0v) is 15.0. The zero-order chi connectivity index (χ0) is 16.9. The number of H-pyrrole nitrogens is 1. The van der Waals surface area contributed by atoms with E-state index in [1.165, 1.54) is 17.7 Å². The second-order valence-electron chi connectivity index (χ2n) is 6.51. The molecule has 4 nitrogen and oxygen atoms in total. The maximum Gasteiger partial charge on any atom is 0.137 e. The maximum atomic E-state index is 5.85. The standard InChI is InChI=1S/C20H23N3OS/c1-2-6-16(7-3-1)20-21-12-17(22-20)13-23(14-18-8-4-10-24-18)15-19-9-5-11-25-19/h1-3,5-7,9,11-12,18H,4,8,10,13-15H2,(H,21,22). The second-order valence-corrected chi connectivity index (χ2v) is 7.54. The van der Waals surface area contributed by atoms with Crippen LogP contribution in [-0.2, 0) is 17.8 Å². The van der Waals surface area contributed by atoms with Crippen molar-refractivity contribution in [2.24, 2.45) is 0 Å². The van der Waals surface area contributed by atoms with E-state index in [0.717, 1.165) is 43.3 Å². The number of nitrogens with one attached hydrogen (secondary N) is 1. The molecule has 3 heterocycles. The molecule has 1 atom stereocenters. The fourth-order valence-electron chi connectivity index (χ4n) is 3.31. The minimum absolute atomic E-state index is 0.358. The highest BCUT2D eigenvalue weighted by Gasteiger charge is 2.20. The van der Waals surface area contributed by atoms with Crippen LogP contribution in [0.2, 0.25) is 0 Å². The number of thiophene rings is 1. The summed E-state index contributed by atoms with van der Waals surface area (Å²) in [5.41, 5.74) is 2.27. The summed E-state index contributed by atoms with van der Waals surface area (Å²) < 4.78 is 5.85. The zero-order valence-electron chi connectivity index (χ0n) is 14.2. The van der Waals surface area contributed by atoms with Gasteiger partial charge in [-0.25, -0.2) is 4.98 Å². The minimum Gasteiger partial charge on any atom is -0.377 e. The average molecular weight is 353 g/mol. The molecule has 0 radical (unpaired) electrons. The first-order valence-electron chi connectivity index (χ1n) is 8.82. The minimum atomic E-state index is 0.358. The Labute approximate surface area is 152 Å². The molecule has 4 rings (SSSR count). The number of rotatable bonds is 7. The van der Waals surface area contributed by atoms with Crippen molar-refractivity contribution < 1.29 is 4.74 Å². The number of hydrogen-bond donors (Lipinski definition) is 1. The summed E-state index contributed by atoms with van der Waals surface area (Å²) in [6.45, 7) is 3.69. The van der Waals surface area contributed by atoms with Crippen LogP contribution in [0.1, 0.15) is 23.4 Å². The van der Waals surface area contributed by atoms with Gasteiger partial charge in [0.25, 0.3) is 0 Å². The monoisotopic (exact) mass is 353 g/mol. The first-order valence-corrected chi connectivity index (χ1v) is 9.70. The summed E-state index contributed by atoms with van der Waals surface area (Å²) in [6.07, 6.45) is 4.66. The van der Waals surface area contributed by atoms with Gasteiger partial charge in [0.15, 0.2) is 0 Å². The molecule has 5 heteroatoms. The van der Waals surface area contributed by atoms with Crippen LogP contribution < -0.4 is 0 Å². The number of aromatic nitrogens is 2. The summed E-state index contributed by atoms with van der Waals surface area (Å²) in [4.78, 5) is 11.9. The molecule has 1 fully saturated rings. The molecule has 130 valence electrons. The van der Waals surface area contributed by atoms with Gasteiger partial charge >= 0.3 is 0 Å². The van der Waals surface area contributed by atoms with E-state index in [-0.39, 0.29) is 0 Å². The molecule has 0 aliphatic carbocycles. The van der Waals surface area contributed by atoms with Crippen LogP contribution in [0.4, 0.5) is 0 Å². The van der Waals surface area contributed by atoms with E-state index in [9.17, 15) is 0 Å².